The van der Waals surface area contributed by atoms with E-state index in [1.807, 2.05) is 32.0 Å². The highest BCUT2D eigenvalue weighted by Gasteiger charge is 2.08. The lowest BCUT2D eigenvalue weighted by molar-refractivity contribution is -0.114. The molecule has 0 aliphatic rings. The van der Waals surface area contributed by atoms with E-state index in [-0.39, 0.29) is 18.4 Å². The molecule has 0 aliphatic carbocycles. The second-order valence-corrected chi connectivity index (χ2v) is 6.54. The van der Waals surface area contributed by atoms with E-state index in [0.29, 0.717) is 23.6 Å². The van der Waals surface area contributed by atoms with Gasteiger partial charge in [0.05, 0.1) is 19.4 Å². The zero-order valence-corrected chi connectivity index (χ0v) is 15.9. The Hall–Kier alpha value is -3.54. The van der Waals surface area contributed by atoms with Crippen molar-refractivity contribution in [2.45, 2.75) is 20.4 Å². The zero-order chi connectivity index (χ0) is 19.9. The van der Waals surface area contributed by atoms with E-state index in [9.17, 15) is 9.59 Å². The van der Waals surface area contributed by atoms with Crippen LogP contribution in [-0.4, -0.2) is 18.4 Å². The monoisotopic (exact) mass is 377 g/mol. The third-order valence-corrected chi connectivity index (χ3v) is 4.39. The minimum absolute atomic E-state index is 0.159. The number of nitrogens with one attached hydrogen (secondary N) is 3. The first-order valence-corrected chi connectivity index (χ1v) is 9.03. The number of anilines is 2. The molecule has 3 N–H and O–H groups in total. The molecule has 3 rings (SSSR count). The van der Waals surface area contributed by atoms with Crippen LogP contribution in [0.1, 0.15) is 27.2 Å². The number of furan rings is 1. The third kappa shape index (κ3) is 5.23. The predicted octanol–water partition coefficient (Wildman–Crippen LogP) is 3.88. The molecule has 0 atom stereocenters. The van der Waals surface area contributed by atoms with Crippen LogP contribution in [0.25, 0.3) is 0 Å². The molecule has 6 heteroatoms. The van der Waals surface area contributed by atoms with E-state index in [1.54, 1.807) is 42.7 Å². The number of hydrogen-bond acceptors (Lipinski definition) is 4. The molecule has 2 aromatic carbocycles. The lowest BCUT2D eigenvalue weighted by Gasteiger charge is -2.10. The largest absolute Gasteiger partial charge is 0.467 e. The van der Waals surface area contributed by atoms with E-state index in [1.165, 1.54) is 11.1 Å². The average Bonchev–Trinajstić information content (AvgIpc) is 3.21. The third-order valence-electron chi connectivity index (χ3n) is 4.39. The summed E-state index contributed by atoms with van der Waals surface area (Å²) in [7, 11) is 0. The number of amides is 2. The van der Waals surface area contributed by atoms with Crippen molar-refractivity contribution in [1.82, 2.24) is 5.32 Å². The van der Waals surface area contributed by atoms with Crippen molar-refractivity contribution >= 4 is 23.2 Å². The quantitative estimate of drug-likeness (QED) is 0.583. The smallest absolute Gasteiger partial charge is 0.251 e. The molecule has 3 aromatic rings. The van der Waals surface area contributed by atoms with Crippen molar-refractivity contribution in [3.05, 3.63) is 83.3 Å². The lowest BCUT2D eigenvalue weighted by Crippen LogP contribution is -2.23. The Balaban J connectivity index is 1.48. The number of carbonyl (C=O) groups is 2. The number of rotatable bonds is 7. The average molecular weight is 377 g/mol. The second-order valence-electron chi connectivity index (χ2n) is 6.54. The van der Waals surface area contributed by atoms with E-state index in [0.717, 1.165) is 5.69 Å². The lowest BCUT2D eigenvalue weighted by atomic mass is 10.1. The molecule has 0 saturated carbocycles. The van der Waals surface area contributed by atoms with Gasteiger partial charge in [0.2, 0.25) is 5.91 Å². The Labute approximate surface area is 164 Å². The van der Waals surface area contributed by atoms with Gasteiger partial charge < -0.3 is 20.4 Å². The van der Waals surface area contributed by atoms with Gasteiger partial charge in [-0.3, -0.25) is 9.59 Å². The predicted molar refractivity (Wildman–Crippen MR) is 109 cm³/mol. The Kier molecular flexibility index (Phi) is 6.11. The van der Waals surface area contributed by atoms with Crippen molar-refractivity contribution in [1.29, 1.82) is 0 Å². The van der Waals surface area contributed by atoms with E-state index >= 15 is 0 Å². The first kappa shape index (κ1) is 19.2. The summed E-state index contributed by atoms with van der Waals surface area (Å²) >= 11 is 0. The van der Waals surface area contributed by atoms with Crippen LogP contribution in [0.5, 0.6) is 0 Å². The molecule has 0 spiro atoms. The van der Waals surface area contributed by atoms with Gasteiger partial charge in [-0.2, -0.15) is 0 Å². The van der Waals surface area contributed by atoms with Crippen LogP contribution in [0, 0.1) is 13.8 Å². The molecule has 0 saturated heterocycles. The Morgan fingerprint density at radius 2 is 1.68 bits per heavy atom. The maximum atomic E-state index is 12.1. The number of benzene rings is 2. The molecule has 6 nitrogen and oxygen atoms in total. The Morgan fingerprint density at radius 3 is 2.36 bits per heavy atom. The van der Waals surface area contributed by atoms with Crippen LogP contribution in [0.3, 0.4) is 0 Å². The molecule has 0 fully saturated rings. The fourth-order valence-corrected chi connectivity index (χ4v) is 2.63. The summed E-state index contributed by atoms with van der Waals surface area (Å²) in [4.78, 5) is 24.3. The highest BCUT2D eigenvalue weighted by molar-refractivity contribution is 5.96. The minimum atomic E-state index is -0.203. The second kappa shape index (κ2) is 8.90. The standard InChI is InChI=1S/C22H23N3O3/c1-15-5-8-19(12-16(15)2)23-14-21(26)25-18-9-6-17(7-10-18)22(27)24-13-20-4-3-11-28-20/h3-12,23H,13-14H2,1-2H3,(H,24,27)(H,25,26). The molecule has 0 aliphatic heterocycles. The normalized spacial score (nSPS) is 10.4. The van der Waals surface area contributed by atoms with Gasteiger partial charge in [-0.25, -0.2) is 0 Å². The molecule has 144 valence electrons. The van der Waals surface area contributed by atoms with Gasteiger partial charge >= 0.3 is 0 Å². The minimum Gasteiger partial charge on any atom is -0.467 e. The van der Waals surface area contributed by atoms with E-state index < -0.39 is 0 Å². The number of carbonyl (C=O) groups excluding carboxylic acids is 2. The Morgan fingerprint density at radius 1 is 0.929 bits per heavy atom. The van der Waals surface area contributed by atoms with Crippen molar-refractivity contribution in [2.24, 2.45) is 0 Å². The highest BCUT2D eigenvalue weighted by atomic mass is 16.3. The maximum Gasteiger partial charge on any atom is 0.251 e. The van der Waals surface area contributed by atoms with Crippen LogP contribution in [0.2, 0.25) is 0 Å². The van der Waals surface area contributed by atoms with Crippen LogP contribution in [-0.2, 0) is 11.3 Å². The molecule has 1 aromatic heterocycles. The molecule has 1 heterocycles. The molecule has 2 amide bonds. The fourth-order valence-electron chi connectivity index (χ4n) is 2.63. The van der Waals surface area contributed by atoms with Gasteiger partial charge in [0.25, 0.3) is 5.91 Å². The van der Waals surface area contributed by atoms with Gasteiger partial charge in [0.15, 0.2) is 0 Å². The Bertz CT molecular complexity index is 948. The molecule has 0 bridgehead atoms. The first-order valence-electron chi connectivity index (χ1n) is 9.03. The van der Waals surface area contributed by atoms with Crippen LogP contribution in [0.4, 0.5) is 11.4 Å². The molecule has 0 unspecified atom stereocenters. The van der Waals surface area contributed by atoms with Gasteiger partial charge in [0.1, 0.15) is 5.76 Å². The van der Waals surface area contributed by atoms with E-state index in [4.69, 9.17) is 4.42 Å². The molecule has 28 heavy (non-hydrogen) atoms. The van der Waals surface area contributed by atoms with Crippen LogP contribution >= 0.6 is 0 Å². The van der Waals surface area contributed by atoms with Gasteiger partial charge in [-0.15, -0.1) is 0 Å². The fraction of sp³-hybridized carbons (Fsp3) is 0.182. The van der Waals surface area contributed by atoms with Crippen molar-refractivity contribution in [3.8, 4) is 0 Å². The summed E-state index contributed by atoms with van der Waals surface area (Å²) in [6.45, 7) is 4.57. The highest BCUT2D eigenvalue weighted by Crippen LogP contribution is 2.14. The number of aryl methyl sites for hydroxylation is 2. The topological polar surface area (TPSA) is 83.4 Å². The maximum absolute atomic E-state index is 12.1. The van der Waals surface area contributed by atoms with Crippen molar-refractivity contribution in [3.63, 3.8) is 0 Å². The summed E-state index contributed by atoms with van der Waals surface area (Å²) in [5, 5.41) is 8.70. The molecular formula is C22H23N3O3. The SMILES string of the molecule is Cc1ccc(NCC(=O)Nc2ccc(C(=O)NCc3ccco3)cc2)cc1C. The van der Waals surface area contributed by atoms with Crippen molar-refractivity contribution in [2.75, 3.05) is 17.2 Å². The van der Waals surface area contributed by atoms with Crippen LogP contribution < -0.4 is 16.0 Å². The van der Waals surface area contributed by atoms with Crippen molar-refractivity contribution < 1.29 is 14.0 Å². The van der Waals surface area contributed by atoms with Gasteiger partial charge in [-0.1, -0.05) is 6.07 Å². The van der Waals surface area contributed by atoms with E-state index in [2.05, 4.69) is 16.0 Å². The van der Waals surface area contributed by atoms with Gasteiger partial charge in [-0.05, 0) is 73.5 Å². The summed E-state index contributed by atoms with van der Waals surface area (Å²) in [6, 6.07) is 16.3. The summed E-state index contributed by atoms with van der Waals surface area (Å²) in [6.07, 6.45) is 1.56. The van der Waals surface area contributed by atoms with Crippen LogP contribution in [0.15, 0.2) is 65.3 Å². The molecule has 0 radical (unpaired) electrons. The zero-order valence-electron chi connectivity index (χ0n) is 15.9. The first-order chi connectivity index (χ1) is 13.5. The summed E-state index contributed by atoms with van der Waals surface area (Å²) in [5.74, 6) is 0.326. The summed E-state index contributed by atoms with van der Waals surface area (Å²) < 4.78 is 5.18. The molecular weight excluding hydrogens is 354 g/mol. The number of hydrogen-bond donors (Lipinski definition) is 3. The van der Waals surface area contributed by atoms with Gasteiger partial charge in [0, 0.05) is 16.9 Å². The summed E-state index contributed by atoms with van der Waals surface area (Å²) in [5.41, 5.74) is 4.43.